The van der Waals surface area contributed by atoms with Gasteiger partial charge in [-0.25, -0.2) is 13.2 Å². The summed E-state index contributed by atoms with van der Waals surface area (Å²) in [5.74, 6) is 0.640. The molecule has 3 aromatic rings. The van der Waals surface area contributed by atoms with Gasteiger partial charge in [0.25, 0.3) is 0 Å². The van der Waals surface area contributed by atoms with E-state index in [0.29, 0.717) is 11.3 Å². The summed E-state index contributed by atoms with van der Waals surface area (Å²) in [7, 11) is -6.05. The molecule has 2 atom stereocenters. The molecule has 3 rings (SSSR count). The van der Waals surface area contributed by atoms with Crippen LogP contribution in [0.3, 0.4) is 0 Å². The number of rotatable bonds is 13. The normalized spacial score (nSPS) is 12.6. The molecule has 0 aromatic heterocycles. The zero-order valence-electron chi connectivity index (χ0n) is 22.4. The fourth-order valence-electron chi connectivity index (χ4n) is 4.33. The average Bonchev–Trinajstić information content (AvgIpc) is 2.92. The summed E-state index contributed by atoms with van der Waals surface area (Å²) in [5, 5.41) is 18.2. The van der Waals surface area contributed by atoms with Crippen molar-refractivity contribution >= 4 is 28.7 Å². The molecule has 8 nitrogen and oxygen atoms in total. The Morgan fingerprint density at radius 1 is 0.846 bits per heavy atom. The molecule has 0 saturated heterocycles. The molecule has 0 aliphatic rings. The first-order chi connectivity index (χ1) is 18.1. The number of esters is 1. The Morgan fingerprint density at radius 3 is 1.82 bits per heavy atom. The molecule has 3 aromatic carbocycles. The van der Waals surface area contributed by atoms with Crippen molar-refractivity contribution in [3.8, 4) is 5.75 Å². The second-order valence-corrected chi connectivity index (χ2v) is 10.4. The molecule has 0 fully saturated rings. The van der Waals surface area contributed by atoms with Crippen LogP contribution in [0.4, 0.5) is 0 Å². The van der Waals surface area contributed by atoms with Crippen LogP contribution in [0.15, 0.2) is 77.7 Å². The molecule has 2 N–H and O–H groups in total. The summed E-state index contributed by atoms with van der Waals surface area (Å²) in [6, 6.07) is 19.8. The Kier molecular flexibility index (Phi) is 13.2. The third kappa shape index (κ3) is 9.75. The van der Waals surface area contributed by atoms with Crippen molar-refractivity contribution in [2.24, 2.45) is 0 Å². The van der Waals surface area contributed by atoms with Gasteiger partial charge < -0.3 is 24.1 Å². The van der Waals surface area contributed by atoms with Crippen LogP contribution in [0.1, 0.15) is 66.4 Å². The van der Waals surface area contributed by atoms with E-state index in [4.69, 9.17) is 19.5 Å². The predicted molar refractivity (Wildman–Crippen MR) is 144 cm³/mol. The van der Waals surface area contributed by atoms with Crippen LogP contribution in [0, 0.1) is 0 Å². The summed E-state index contributed by atoms with van der Waals surface area (Å²) in [6.45, 7) is 4.46. The molecule has 0 amide bonds. The van der Waals surface area contributed by atoms with Crippen molar-refractivity contribution in [2.75, 3.05) is 13.2 Å². The number of benzene rings is 3. The van der Waals surface area contributed by atoms with Crippen LogP contribution in [0.5, 0.6) is 5.75 Å². The van der Waals surface area contributed by atoms with Gasteiger partial charge >= 0.3 is 42.6 Å². The molecule has 0 spiro atoms. The largest absolute Gasteiger partial charge is 1.00 e. The van der Waals surface area contributed by atoms with Crippen molar-refractivity contribution in [1.82, 2.24) is 0 Å². The maximum atomic E-state index is 12.1. The summed E-state index contributed by atoms with van der Waals surface area (Å²) in [6.07, 6.45) is 2.69. The van der Waals surface area contributed by atoms with Crippen LogP contribution in [0.2, 0.25) is 0 Å². The van der Waals surface area contributed by atoms with Crippen LogP contribution < -0.4 is 39.8 Å². The summed E-state index contributed by atoms with van der Waals surface area (Å²) >= 11 is 0. The zero-order valence-corrected chi connectivity index (χ0v) is 25.3. The summed E-state index contributed by atoms with van der Waals surface area (Å²) in [4.78, 5) is 11.9. The number of ether oxygens (including phenoxy) is 2. The van der Waals surface area contributed by atoms with E-state index in [1.807, 2.05) is 24.3 Å². The molecule has 2 unspecified atom stereocenters. The van der Waals surface area contributed by atoms with Gasteiger partial charge in [-0.1, -0.05) is 50.2 Å². The van der Waals surface area contributed by atoms with E-state index in [1.54, 1.807) is 12.1 Å². The zero-order chi connectivity index (χ0) is 27.7. The van der Waals surface area contributed by atoms with Gasteiger partial charge in [-0.3, -0.25) is 0 Å². The second-order valence-electron chi connectivity index (χ2n) is 9.02. The van der Waals surface area contributed by atoms with Crippen LogP contribution in [-0.4, -0.2) is 49.3 Å². The minimum absolute atomic E-state index is 0. The molecule has 39 heavy (non-hydrogen) atoms. The van der Waals surface area contributed by atoms with E-state index in [1.165, 1.54) is 42.0 Å². The predicted octanol–water partition coefficient (Wildman–Crippen LogP) is 0.588. The number of carbonyl (C=O) groups excluding carboxylic acids is 1. The fourth-order valence-corrected chi connectivity index (χ4v) is 4.80. The Balaban J connectivity index is 0.00000533. The van der Waals surface area contributed by atoms with E-state index in [9.17, 15) is 17.8 Å². The first kappa shape index (κ1) is 33.0. The first-order valence-electron chi connectivity index (χ1n) is 12.5. The van der Waals surface area contributed by atoms with Gasteiger partial charge in [0.2, 0.25) is 0 Å². The van der Waals surface area contributed by atoms with Crippen LogP contribution in [-0.2, 0) is 14.9 Å². The Hall–Kier alpha value is -2.18. The van der Waals surface area contributed by atoms with Gasteiger partial charge in [0.05, 0.1) is 10.5 Å². The van der Waals surface area contributed by atoms with E-state index in [-0.39, 0.29) is 65.0 Å². The van der Waals surface area contributed by atoms with Gasteiger partial charge in [-0.15, -0.1) is 0 Å². The van der Waals surface area contributed by atoms with E-state index < -0.39 is 23.2 Å². The standard InChI is InChI=1S/C28H33BO8S.Na/c1-3-20(19-21(4-2)23-9-15-27(16-10-23)38(33,34)35)22-7-13-26(14-8-22)36-17-18-37-28(30)24-5-11-25(12-6-24)29(31)32;/h5-16,20-21,31-32H,3-4,17-19H2,1-2H3,(H,33,34,35);/q;+1/p-1. The minimum Gasteiger partial charge on any atom is -0.744 e. The first-order valence-corrected chi connectivity index (χ1v) is 13.9. The summed E-state index contributed by atoms with van der Waals surface area (Å²) < 4.78 is 44.6. The molecule has 0 saturated carbocycles. The minimum atomic E-state index is -4.46. The van der Waals surface area contributed by atoms with Crippen LogP contribution in [0.25, 0.3) is 0 Å². The second kappa shape index (κ2) is 15.6. The van der Waals surface area contributed by atoms with E-state index >= 15 is 0 Å². The molecular weight excluding hydrogens is 530 g/mol. The van der Waals surface area contributed by atoms with Crippen molar-refractivity contribution in [3.63, 3.8) is 0 Å². The van der Waals surface area contributed by atoms with Crippen molar-refractivity contribution in [1.29, 1.82) is 0 Å². The molecular formula is C28H32BNaO8S. The number of hydrogen-bond acceptors (Lipinski definition) is 8. The molecule has 0 heterocycles. The maximum Gasteiger partial charge on any atom is 1.00 e. The van der Waals surface area contributed by atoms with Crippen molar-refractivity contribution < 1.29 is 66.8 Å². The monoisotopic (exact) mass is 562 g/mol. The molecule has 0 radical (unpaired) electrons. The van der Waals surface area contributed by atoms with Gasteiger partial charge in [0.15, 0.2) is 0 Å². The number of hydrogen-bond donors (Lipinski definition) is 2. The van der Waals surface area contributed by atoms with Gasteiger partial charge in [0.1, 0.15) is 29.1 Å². The third-order valence-electron chi connectivity index (χ3n) is 6.58. The number of carbonyl (C=O) groups is 1. The van der Waals surface area contributed by atoms with Gasteiger partial charge in [-0.05, 0) is 84.1 Å². The average molecular weight is 562 g/mol. The van der Waals surface area contributed by atoms with E-state index in [0.717, 1.165) is 24.8 Å². The van der Waals surface area contributed by atoms with Crippen molar-refractivity contribution in [2.45, 2.75) is 49.8 Å². The maximum absolute atomic E-state index is 12.1. The topological polar surface area (TPSA) is 133 Å². The smallest absolute Gasteiger partial charge is 0.744 e. The molecule has 0 aliphatic heterocycles. The summed E-state index contributed by atoms with van der Waals surface area (Å²) in [5.41, 5.74) is 2.77. The molecule has 11 heteroatoms. The van der Waals surface area contributed by atoms with Gasteiger partial charge in [0, 0.05) is 0 Å². The Bertz CT molecular complexity index is 1280. The molecule has 0 bridgehead atoms. The van der Waals surface area contributed by atoms with Crippen LogP contribution >= 0.6 is 0 Å². The van der Waals surface area contributed by atoms with Gasteiger partial charge in [-0.2, -0.15) is 0 Å². The Labute approximate surface area is 252 Å². The SMILES string of the molecule is CCC(CC(CC)c1ccc(S(=O)(=O)[O-])cc1)c1ccc(OCCOC(=O)c2ccc(B(O)O)cc2)cc1.[Na+]. The molecule has 202 valence electrons. The fraction of sp³-hybridized carbons (Fsp3) is 0.321. The van der Waals surface area contributed by atoms with E-state index in [2.05, 4.69) is 13.8 Å². The quantitative estimate of drug-likeness (QED) is 0.134. The molecule has 0 aliphatic carbocycles. The third-order valence-corrected chi connectivity index (χ3v) is 7.43. The van der Waals surface area contributed by atoms with Crippen molar-refractivity contribution in [3.05, 3.63) is 89.5 Å². The Morgan fingerprint density at radius 2 is 1.36 bits per heavy atom.